The summed E-state index contributed by atoms with van der Waals surface area (Å²) in [5, 5.41) is 10.7. The number of anilines is 3. The number of aliphatic imine (C=N–C) groups is 1. The van der Waals surface area contributed by atoms with Crippen LogP contribution in [0.1, 0.15) is 12.5 Å². The van der Waals surface area contributed by atoms with E-state index in [0.29, 0.717) is 22.3 Å². The Morgan fingerprint density at radius 2 is 1.81 bits per heavy atom. The molecule has 0 aliphatic carbocycles. The van der Waals surface area contributed by atoms with Crippen LogP contribution >= 0.6 is 23.5 Å². The summed E-state index contributed by atoms with van der Waals surface area (Å²) in [5.41, 5.74) is 4.32. The fourth-order valence-corrected chi connectivity index (χ4v) is 6.69. The summed E-state index contributed by atoms with van der Waals surface area (Å²) in [6.07, 6.45) is 0. The van der Waals surface area contributed by atoms with Gasteiger partial charge in [0.25, 0.3) is 5.91 Å². The molecule has 5 rings (SSSR count). The smallest absolute Gasteiger partial charge is 0.274 e. The first-order valence-electron chi connectivity index (χ1n) is 12.0. The van der Waals surface area contributed by atoms with Gasteiger partial charge < -0.3 is 14.9 Å². The molecule has 0 bridgehead atoms. The lowest BCUT2D eigenvalue weighted by Gasteiger charge is -2.23. The van der Waals surface area contributed by atoms with Crippen molar-refractivity contribution in [3.63, 3.8) is 0 Å². The molecule has 0 radical (unpaired) electrons. The van der Waals surface area contributed by atoms with Crippen LogP contribution in [0.2, 0.25) is 0 Å². The monoisotopic (exact) mass is 534 g/mol. The third-order valence-corrected chi connectivity index (χ3v) is 8.71. The lowest BCUT2D eigenvalue weighted by Crippen LogP contribution is -2.29. The number of hydrogen-bond acceptors (Lipinski definition) is 7. The lowest BCUT2D eigenvalue weighted by molar-refractivity contribution is -0.113. The molecular weight excluding hydrogens is 507 g/mol. The van der Waals surface area contributed by atoms with E-state index in [-0.39, 0.29) is 18.3 Å². The number of hydrogen-bond donors (Lipinski definition) is 1. The number of benzene rings is 3. The number of thioether (sulfide) groups is 2. The zero-order valence-electron chi connectivity index (χ0n) is 20.8. The van der Waals surface area contributed by atoms with Gasteiger partial charge in [-0.2, -0.15) is 0 Å². The van der Waals surface area contributed by atoms with Gasteiger partial charge in [-0.05, 0) is 85.8 Å². The van der Waals surface area contributed by atoms with Gasteiger partial charge in [0.05, 0.1) is 28.7 Å². The SMILES string of the molecule is CCN(CCO)c1ccc(N=C2SC(=C3Sc4ccccc4N3C)C(=O)N2c2ccc(F)cc2)c(C)c1. The zero-order valence-corrected chi connectivity index (χ0v) is 22.4. The van der Waals surface area contributed by atoms with E-state index in [2.05, 4.69) is 4.90 Å². The van der Waals surface area contributed by atoms with E-state index in [1.54, 1.807) is 28.8 Å². The largest absolute Gasteiger partial charge is 0.395 e. The van der Waals surface area contributed by atoms with Crippen molar-refractivity contribution < 1.29 is 14.3 Å². The van der Waals surface area contributed by atoms with Gasteiger partial charge in [-0.1, -0.05) is 23.9 Å². The van der Waals surface area contributed by atoms with Gasteiger partial charge >= 0.3 is 0 Å². The maximum absolute atomic E-state index is 13.8. The molecule has 190 valence electrons. The van der Waals surface area contributed by atoms with Crippen molar-refractivity contribution in [1.29, 1.82) is 0 Å². The molecule has 0 saturated carbocycles. The van der Waals surface area contributed by atoms with E-state index < -0.39 is 0 Å². The van der Waals surface area contributed by atoms with Crippen LogP contribution in [-0.2, 0) is 4.79 Å². The maximum atomic E-state index is 13.8. The number of rotatable bonds is 6. The molecule has 3 aromatic rings. The molecule has 37 heavy (non-hydrogen) atoms. The molecule has 1 fully saturated rings. The Hall–Kier alpha value is -3.27. The number of aryl methyl sites for hydroxylation is 1. The number of amidine groups is 1. The Balaban J connectivity index is 1.56. The van der Waals surface area contributed by atoms with Gasteiger partial charge in [0.2, 0.25) is 0 Å². The van der Waals surface area contributed by atoms with E-state index >= 15 is 0 Å². The Bertz CT molecular complexity index is 1410. The van der Waals surface area contributed by atoms with Gasteiger partial charge in [0.1, 0.15) is 10.7 Å². The highest BCUT2D eigenvalue weighted by Crippen LogP contribution is 2.50. The highest BCUT2D eigenvalue weighted by atomic mass is 32.2. The number of nitrogens with zero attached hydrogens (tertiary/aromatic N) is 4. The molecule has 3 aromatic carbocycles. The molecule has 2 aliphatic heterocycles. The van der Waals surface area contributed by atoms with Crippen molar-refractivity contribution in [2.24, 2.45) is 4.99 Å². The average molecular weight is 535 g/mol. The first-order valence-corrected chi connectivity index (χ1v) is 13.6. The number of halogens is 1. The van der Waals surface area contributed by atoms with Gasteiger partial charge in [-0.3, -0.25) is 9.69 Å². The van der Waals surface area contributed by atoms with Crippen LogP contribution in [0.4, 0.5) is 27.1 Å². The van der Waals surface area contributed by atoms with E-state index in [0.717, 1.165) is 39.1 Å². The van der Waals surface area contributed by atoms with Gasteiger partial charge in [-0.25, -0.2) is 9.38 Å². The van der Waals surface area contributed by atoms with Crippen molar-refractivity contribution in [3.05, 3.63) is 88.0 Å². The summed E-state index contributed by atoms with van der Waals surface area (Å²) in [5.74, 6) is -0.552. The zero-order chi connectivity index (χ0) is 26.1. The second-order valence-corrected chi connectivity index (χ2v) is 10.7. The Labute approximate surface area is 224 Å². The van der Waals surface area contributed by atoms with E-state index in [4.69, 9.17) is 4.99 Å². The minimum atomic E-state index is -0.364. The molecule has 1 N–H and O–H groups in total. The second-order valence-electron chi connectivity index (χ2n) is 8.65. The molecule has 0 atom stereocenters. The minimum Gasteiger partial charge on any atom is -0.395 e. The van der Waals surface area contributed by atoms with Crippen LogP contribution in [-0.4, -0.2) is 42.9 Å². The molecule has 9 heteroatoms. The number of amides is 1. The molecule has 0 unspecified atom stereocenters. The van der Waals surface area contributed by atoms with Crippen LogP contribution in [0.25, 0.3) is 0 Å². The van der Waals surface area contributed by atoms with Crippen molar-refractivity contribution in [3.8, 4) is 0 Å². The fourth-order valence-electron chi connectivity index (χ4n) is 4.35. The normalized spacial score (nSPS) is 18.2. The van der Waals surface area contributed by atoms with Gasteiger partial charge in [0.15, 0.2) is 5.17 Å². The Morgan fingerprint density at radius 3 is 2.49 bits per heavy atom. The number of aliphatic hydroxyl groups excluding tert-OH is 1. The molecule has 2 heterocycles. The van der Waals surface area contributed by atoms with Crippen LogP contribution < -0.4 is 14.7 Å². The molecule has 6 nitrogen and oxygen atoms in total. The van der Waals surface area contributed by atoms with E-state index in [1.165, 1.54) is 23.9 Å². The molecule has 0 aromatic heterocycles. The quantitative estimate of drug-likeness (QED) is 0.384. The number of aliphatic hydroxyl groups is 1. The lowest BCUT2D eigenvalue weighted by atomic mass is 10.1. The topological polar surface area (TPSA) is 59.4 Å². The minimum absolute atomic E-state index is 0.0795. The Kier molecular flexibility index (Phi) is 7.28. The first-order chi connectivity index (χ1) is 17.9. The fraction of sp³-hybridized carbons (Fsp3) is 0.214. The van der Waals surface area contributed by atoms with Crippen LogP contribution in [0.3, 0.4) is 0 Å². The van der Waals surface area contributed by atoms with Gasteiger partial charge in [-0.15, -0.1) is 0 Å². The van der Waals surface area contributed by atoms with Gasteiger partial charge in [0, 0.05) is 30.7 Å². The van der Waals surface area contributed by atoms with Crippen LogP contribution in [0, 0.1) is 12.7 Å². The van der Waals surface area contributed by atoms with Crippen LogP contribution in [0.5, 0.6) is 0 Å². The molecular formula is C28H27FN4O2S2. The number of fused-ring (bicyclic) bond motifs is 1. The predicted octanol–water partition coefficient (Wildman–Crippen LogP) is 6.13. The highest BCUT2D eigenvalue weighted by Gasteiger charge is 2.40. The summed E-state index contributed by atoms with van der Waals surface area (Å²) in [7, 11) is 1.96. The molecule has 0 spiro atoms. The summed E-state index contributed by atoms with van der Waals surface area (Å²) in [6, 6.07) is 19.9. The van der Waals surface area contributed by atoms with Crippen molar-refractivity contribution in [1.82, 2.24) is 0 Å². The number of para-hydroxylation sites is 1. The van der Waals surface area contributed by atoms with Crippen molar-refractivity contribution >= 4 is 57.3 Å². The number of carbonyl (C=O) groups excluding carboxylic acids is 1. The Morgan fingerprint density at radius 1 is 1.05 bits per heavy atom. The van der Waals surface area contributed by atoms with Crippen molar-refractivity contribution in [2.75, 3.05) is 41.4 Å². The summed E-state index contributed by atoms with van der Waals surface area (Å²) in [4.78, 5) is 26.1. The second kappa shape index (κ2) is 10.6. The van der Waals surface area contributed by atoms with Crippen LogP contribution in [0.15, 0.2) is 86.6 Å². The highest BCUT2D eigenvalue weighted by molar-refractivity contribution is 8.20. The third kappa shape index (κ3) is 4.86. The maximum Gasteiger partial charge on any atom is 0.274 e. The molecule has 1 saturated heterocycles. The summed E-state index contributed by atoms with van der Waals surface area (Å²) in [6.45, 7) is 5.44. The van der Waals surface area contributed by atoms with E-state index in [9.17, 15) is 14.3 Å². The first kappa shape index (κ1) is 25.4. The number of likely N-dealkylation sites (N-methyl/N-ethyl adjacent to an activating group) is 1. The molecule has 2 aliphatic rings. The summed E-state index contributed by atoms with van der Waals surface area (Å²) < 4.78 is 13.7. The standard InChI is InChI=1S/C28H27FN4O2S2/c1-4-32(15-16-34)21-13-14-22(18(2)17-21)30-28-33(20-11-9-19(29)10-12-20)26(35)25(37-28)27-31(3)23-7-5-6-8-24(23)36-27/h5-14,17,34H,4,15-16H2,1-3H3. The number of carbonyl (C=O) groups is 1. The summed E-state index contributed by atoms with van der Waals surface area (Å²) >= 11 is 2.90. The van der Waals surface area contributed by atoms with E-state index in [1.807, 2.05) is 68.3 Å². The van der Waals surface area contributed by atoms with Crippen molar-refractivity contribution in [2.45, 2.75) is 18.7 Å². The average Bonchev–Trinajstić information content (AvgIpc) is 3.40. The predicted molar refractivity (Wildman–Crippen MR) is 152 cm³/mol. The molecule has 1 amide bonds. The third-order valence-electron chi connectivity index (χ3n) is 6.31.